The van der Waals surface area contributed by atoms with E-state index in [1.807, 2.05) is 54.6 Å². The number of benzene rings is 2. The van der Waals surface area contributed by atoms with Crippen molar-refractivity contribution >= 4 is 40.6 Å². The van der Waals surface area contributed by atoms with E-state index in [9.17, 15) is 19.2 Å². The van der Waals surface area contributed by atoms with Crippen LogP contribution < -0.4 is 10.9 Å². The van der Waals surface area contributed by atoms with Gasteiger partial charge in [0, 0.05) is 7.05 Å². The van der Waals surface area contributed by atoms with Gasteiger partial charge in [-0.25, -0.2) is 4.68 Å². The summed E-state index contributed by atoms with van der Waals surface area (Å²) in [7, 11) is 1.71. The predicted molar refractivity (Wildman–Crippen MR) is 133 cm³/mol. The number of nitrogens with zero attached hydrogens (tertiary/aromatic N) is 3. The number of amides is 3. The molecule has 0 bridgehead atoms. The number of carbonyl (C=O) groups is 3. The van der Waals surface area contributed by atoms with Crippen molar-refractivity contribution in [1.82, 2.24) is 14.3 Å². The Morgan fingerprint density at radius 3 is 2.32 bits per heavy atom. The molecule has 0 spiro atoms. The van der Waals surface area contributed by atoms with E-state index in [-0.39, 0.29) is 10.6 Å². The van der Waals surface area contributed by atoms with Gasteiger partial charge in [0.05, 0.1) is 16.3 Å². The van der Waals surface area contributed by atoms with Crippen LogP contribution in [0, 0.1) is 6.92 Å². The average molecular weight is 475 g/mol. The minimum Gasteiger partial charge on any atom is -0.318 e. The highest BCUT2D eigenvalue weighted by molar-refractivity contribution is 8.18. The molecule has 3 amide bonds. The van der Waals surface area contributed by atoms with Crippen molar-refractivity contribution in [2.45, 2.75) is 6.92 Å². The number of thioether (sulfide) groups is 1. The second-order valence-corrected chi connectivity index (χ2v) is 8.54. The Labute approximate surface area is 200 Å². The van der Waals surface area contributed by atoms with Gasteiger partial charge >= 0.3 is 0 Å². The van der Waals surface area contributed by atoms with Crippen molar-refractivity contribution in [2.75, 3.05) is 11.9 Å². The summed E-state index contributed by atoms with van der Waals surface area (Å²) in [6, 6.07) is 18.6. The van der Waals surface area contributed by atoms with Gasteiger partial charge in [0.25, 0.3) is 16.7 Å². The van der Waals surface area contributed by atoms with Crippen LogP contribution in [0.15, 0.2) is 82.5 Å². The molecule has 172 valence electrons. The van der Waals surface area contributed by atoms with Crippen LogP contribution in [0.1, 0.15) is 11.3 Å². The molecule has 4 rings (SSSR count). The van der Waals surface area contributed by atoms with Crippen molar-refractivity contribution in [2.24, 2.45) is 7.05 Å². The normalized spacial score (nSPS) is 15.0. The Bertz CT molecular complexity index is 1370. The van der Waals surface area contributed by atoms with Gasteiger partial charge in [-0.2, -0.15) is 0 Å². The molecule has 1 aliphatic rings. The van der Waals surface area contributed by atoms with Crippen LogP contribution in [0.25, 0.3) is 11.8 Å². The molecule has 1 fully saturated rings. The van der Waals surface area contributed by atoms with Crippen molar-refractivity contribution in [1.29, 1.82) is 0 Å². The van der Waals surface area contributed by atoms with Crippen molar-refractivity contribution in [3.63, 3.8) is 0 Å². The van der Waals surface area contributed by atoms with Crippen LogP contribution in [0.4, 0.5) is 10.5 Å². The first-order chi connectivity index (χ1) is 16.4. The molecule has 1 saturated heterocycles. The summed E-state index contributed by atoms with van der Waals surface area (Å²) in [5.41, 5.74) is 1.85. The van der Waals surface area contributed by atoms with Crippen LogP contribution in [-0.4, -0.2) is 37.9 Å². The zero-order chi connectivity index (χ0) is 24.2. The monoisotopic (exact) mass is 474 g/mol. The minimum absolute atomic E-state index is 0.102. The molecule has 34 heavy (non-hydrogen) atoms. The van der Waals surface area contributed by atoms with Gasteiger partial charge in [0.1, 0.15) is 12.2 Å². The number of rotatable bonds is 6. The van der Waals surface area contributed by atoms with E-state index in [1.165, 1.54) is 4.68 Å². The maximum absolute atomic E-state index is 13.0. The number of carbonyl (C=O) groups excluding carboxylic acids is 3. The summed E-state index contributed by atoms with van der Waals surface area (Å²) in [5, 5.41) is 2.04. The van der Waals surface area contributed by atoms with Gasteiger partial charge in [0.2, 0.25) is 5.91 Å². The third-order valence-electron chi connectivity index (χ3n) is 5.33. The minimum atomic E-state index is -0.630. The number of allylic oxidation sites excluding steroid dienone is 2. The van der Waals surface area contributed by atoms with Gasteiger partial charge in [-0.05, 0) is 42.5 Å². The first kappa shape index (κ1) is 23.1. The molecule has 3 aromatic rings. The number of hydrogen-bond acceptors (Lipinski definition) is 5. The molecule has 0 atom stereocenters. The van der Waals surface area contributed by atoms with Crippen LogP contribution in [-0.2, 0) is 16.6 Å². The van der Waals surface area contributed by atoms with Crippen LogP contribution in [0.5, 0.6) is 0 Å². The summed E-state index contributed by atoms with van der Waals surface area (Å²) in [5.74, 6) is -1.18. The quantitative estimate of drug-likeness (QED) is 0.550. The van der Waals surface area contributed by atoms with Crippen molar-refractivity contribution < 1.29 is 14.4 Å². The molecule has 1 aliphatic heterocycles. The fraction of sp³-hybridized carbons (Fsp3) is 0.120. The van der Waals surface area contributed by atoms with Crippen molar-refractivity contribution in [3.8, 4) is 5.69 Å². The second kappa shape index (κ2) is 9.80. The summed E-state index contributed by atoms with van der Waals surface area (Å²) >= 11 is 0.773. The SMILES string of the molecule is Cc1c(NC(=O)CN2C(=O)SC(=CC=Cc3ccccc3)C2=O)c(=O)n(-c2ccccc2)n1C. The first-order valence-corrected chi connectivity index (χ1v) is 11.3. The lowest BCUT2D eigenvalue weighted by atomic mass is 10.2. The van der Waals surface area contributed by atoms with E-state index in [4.69, 9.17) is 0 Å². The second-order valence-electron chi connectivity index (χ2n) is 7.54. The maximum atomic E-state index is 13.0. The van der Waals surface area contributed by atoms with E-state index >= 15 is 0 Å². The largest absolute Gasteiger partial charge is 0.318 e. The van der Waals surface area contributed by atoms with Gasteiger partial charge in [-0.1, -0.05) is 60.7 Å². The average Bonchev–Trinajstić information content (AvgIpc) is 3.22. The maximum Gasteiger partial charge on any atom is 0.295 e. The third-order valence-corrected chi connectivity index (χ3v) is 6.26. The summed E-state index contributed by atoms with van der Waals surface area (Å²) < 4.78 is 3.07. The van der Waals surface area contributed by atoms with Gasteiger partial charge in [-0.3, -0.25) is 28.8 Å². The Morgan fingerprint density at radius 2 is 1.65 bits per heavy atom. The molecule has 1 N–H and O–H groups in total. The smallest absolute Gasteiger partial charge is 0.295 e. The van der Waals surface area contributed by atoms with E-state index in [1.54, 1.807) is 42.9 Å². The number of anilines is 1. The Hall–Kier alpha value is -4.11. The highest BCUT2D eigenvalue weighted by Crippen LogP contribution is 2.30. The standard InChI is InChI=1S/C25H22N4O4S/c1-17-22(24(32)29(27(17)2)19-13-7-4-8-14-19)26-21(30)16-28-23(31)20(34-25(28)33)15-9-12-18-10-5-3-6-11-18/h3-15H,16H2,1-2H3,(H,26,30). The molecule has 2 aromatic carbocycles. The fourth-order valence-electron chi connectivity index (χ4n) is 3.50. The van der Waals surface area contributed by atoms with E-state index in [0.717, 1.165) is 22.2 Å². The molecule has 2 heterocycles. The lowest BCUT2D eigenvalue weighted by Crippen LogP contribution is -2.37. The van der Waals surface area contributed by atoms with Crippen LogP contribution in [0.3, 0.4) is 0 Å². The number of aromatic nitrogens is 2. The van der Waals surface area contributed by atoms with E-state index < -0.39 is 29.2 Å². The van der Waals surface area contributed by atoms with E-state index in [0.29, 0.717) is 11.4 Å². The van der Waals surface area contributed by atoms with E-state index in [2.05, 4.69) is 5.32 Å². The molecule has 0 aliphatic carbocycles. The summed E-state index contributed by atoms with van der Waals surface area (Å²) in [6.07, 6.45) is 5.05. The van der Waals surface area contributed by atoms with Gasteiger partial charge < -0.3 is 5.32 Å². The molecule has 0 unspecified atom stereocenters. The highest BCUT2D eigenvalue weighted by Gasteiger charge is 2.36. The predicted octanol–water partition coefficient (Wildman–Crippen LogP) is 3.72. The lowest BCUT2D eigenvalue weighted by Gasteiger charge is -2.11. The molecule has 8 nitrogen and oxygen atoms in total. The third kappa shape index (κ3) is 4.65. The highest BCUT2D eigenvalue weighted by atomic mass is 32.2. The number of hydrogen-bond donors (Lipinski definition) is 1. The molecule has 0 radical (unpaired) electrons. The lowest BCUT2D eigenvalue weighted by molar-refractivity contribution is -0.127. The van der Waals surface area contributed by atoms with Crippen LogP contribution >= 0.6 is 11.8 Å². The number of para-hydroxylation sites is 1. The number of imide groups is 1. The van der Waals surface area contributed by atoms with Gasteiger partial charge in [0.15, 0.2) is 0 Å². The summed E-state index contributed by atoms with van der Waals surface area (Å²) in [6.45, 7) is 1.22. The molecular formula is C25H22N4O4S. The Morgan fingerprint density at radius 1 is 1.00 bits per heavy atom. The Kier molecular flexibility index (Phi) is 6.65. The molecule has 9 heteroatoms. The zero-order valence-electron chi connectivity index (χ0n) is 18.6. The number of nitrogens with one attached hydrogen (secondary N) is 1. The van der Waals surface area contributed by atoms with Crippen molar-refractivity contribution in [3.05, 3.63) is 99.3 Å². The van der Waals surface area contributed by atoms with Gasteiger partial charge in [-0.15, -0.1) is 0 Å². The molecule has 0 saturated carbocycles. The Balaban J connectivity index is 1.47. The summed E-state index contributed by atoms with van der Waals surface area (Å²) in [4.78, 5) is 51.7. The zero-order valence-corrected chi connectivity index (χ0v) is 19.4. The molecular weight excluding hydrogens is 452 g/mol. The first-order valence-electron chi connectivity index (χ1n) is 10.5. The fourth-order valence-corrected chi connectivity index (χ4v) is 4.29. The van der Waals surface area contributed by atoms with Crippen LogP contribution in [0.2, 0.25) is 0 Å². The molecule has 1 aromatic heterocycles. The topological polar surface area (TPSA) is 93.4 Å².